The second-order valence-corrected chi connectivity index (χ2v) is 3.22. The molecular weight excluding hydrogens is 150 g/mol. The highest BCUT2D eigenvalue weighted by atomic mass is 16.5. The van der Waals surface area contributed by atoms with Gasteiger partial charge in [0.2, 0.25) is 0 Å². The van der Waals surface area contributed by atoms with E-state index < -0.39 is 0 Å². The van der Waals surface area contributed by atoms with Crippen LogP contribution in [0, 0.1) is 0 Å². The van der Waals surface area contributed by atoms with Gasteiger partial charge in [0.05, 0.1) is 0 Å². The summed E-state index contributed by atoms with van der Waals surface area (Å²) in [4.78, 5) is 0. The number of ether oxygens (including phenoxy) is 1. The Morgan fingerprint density at radius 1 is 1.42 bits per heavy atom. The summed E-state index contributed by atoms with van der Waals surface area (Å²) in [5.41, 5.74) is 6.86. The van der Waals surface area contributed by atoms with Gasteiger partial charge in [-0.1, -0.05) is 25.1 Å². The molecule has 2 unspecified atom stereocenters. The number of hydrogen-bond acceptors (Lipinski definition) is 2. The third kappa shape index (κ3) is 0.994. The van der Waals surface area contributed by atoms with Crippen LogP contribution >= 0.6 is 0 Å². The van der Waals surface area contributed by atoms with E-state index in [9.17, 15) is 0 Å². The van der Waals surface area contributed by atoms with Gasteiger partial charge in [0.25, 0.3) is 0 Å². The normalized spacial score (nSPS) is 26.5. The van der Waals surface area contributed by atoms with Crippen LogP contribution in [0.4, 0.5) is 0 Å². The van der Waals surface area contributed by atoms with Crippen LogP contribution in [0.15, 0.2) is 24.3 Å². The van der Waals surface area contributed by atoms with Gasteiger partial charge in [0.15, 0.2) is 0 Å². The van der Waals surface area contributed by atoms with E-state index in [1.54, 1.807) is 0 Å². The standard InChI is InChI=1S/C10H13NO/c1-7-8-4-2-3-5-9(8)12-10(7)6-11/h2-5,7,10H,6,11H2,1H3. The zero-order valence-electron chi connectivity index (χ0n) is 7.16. The first-order valence-electron chi connectivity index (χ1n) is 4.28. The minimum atomic E-state index is 0.169. The number of fused-ring (bicyclic) bond motifs is 1. The van der Waals surface area contributed by atoms with Gasteiger partial charge < -0.3 is 10.5 Å². The summed E-state index contributed by atoms with van der Waals surface area (Å²) in [6.07, 6.45) is 0.169. The van der Waals surface area contributed by atoms with Gasteiger partial charge in [-0.2, -0.15) is 0 Å². The molecule has 0 bridgehead atoms. The van der Waals surface area contributed by atoms with Gasteiger partial charge in [-0.05, 0) is 6.07 Å². The van der Waals surface area contributed by atoms with Crippen molar-refractivity contribution in [1.82, 2.24) is 0 Å². The number of nitrogens with two attached hydrogens (primary N) is 1. The maximum atomic E-state index is 5.64. The molecule has 1 aromatic rings. The molecule has 2 atom stereocenters. The van der Waals surface area contributed by atoms with Gasteiger partial charge >= 0.3 is 0 Å². The fourth-order valence-electron chi connectivity index (χ4n) is 1.68. The fraction of sp³-hybridized carbons (Fsp3) is 0.400. The number of benzene rings is 1. The van der Waals surface area contributed by atoms with Crippen molar-refractivity contribution >= 4 is 0 Å². The maximum Gasteiger partial charge on any atom is 0.123 e. The fourth-order valence-corrected chi connectivity index (χ4v) is 1.68. The SMILES string of the molecule is CC1c2ccccc2OC1CN. The van der Waals surface area contributed by atoms with E-state index in [0.717, 1.165) is 5.75 Å². The molecule has 0 aliphatic carbocycles. The minimum Gasteiger partial charge on any atom is -0.488 e. The van der Waals surface area contributed by atoms with Crippen LogP contribution < -0.4 is 10.5 Å². The lowest BCUT2D eigenvalue weighted by Crippen LogP contribution is -2.26. The van der Waals surface area contributed by atoms with Crippen LogP contribution in [-0.4, -0.2) is 12.6 Å². The van der Waals surface area contributed by atoms with Gasteiger partial charge in [-0.25, -0.2) is 0 Å². The molecule has 0 spiro atoms. The zero-order valence-corrected chi connectivity index (χ0v) is 7.16. The van der Waals surface area contributed by atoms with Crippen molar-refractivity contribution in [3.63, 3.8) is 0 Å². The molecule has 2 rings (SSSR count). The number of para-hydroxylation sites is 1. The molecule has 0 saturated heterocycles. The largest absolute Gasteiger partial charge is 0.488 e. The van der Waals surface area contributed by atoms with Crippen LogP contribution in [0.2, 0.25) is 0 Å². The van der Waals surface area contributed by atoms with Crippen molar-refractivity contribution < 1.29 is 4.74 Å². The monoisotopic (exact) mass is 163 g/mol. The van der Waals surface area contributed by atoms with Crippen LogP contribution in [0.3, 0.4) is 0 Å². The second kappa shape index (κ2) is 2.79. The molecule has 2 nitrogen and oxygen atoms in total. The molecular formula is C10H13NO. The molecule has 2 N–H and O–H groups in total. The molecule has 64 valence electrons. The lowest BCUT2D eigenvalue weighted by Gasteiger charge is -2.11. The summed E-state index contributed by atoms with van der Waals surface area (Å²) < 4.78 is 5.64. The molecule has 1 aromatic carbocycles. The molecule has 1 heterocycles. The average molecular weight is 163 g/mol. The molecule has 1 aliphatic heterocycles. The Labute approximate surface area is 72.3 Å². The van der Waals surface area contributed by atoms with Crippen LogP contribution in [0.5, 0.6) is 5.75 Å². The first kappa shape index (κ1) is 7.62. The first-order chi connectivity index (χ1) is 5.83. The van der Waals surface area contributed by atoms with Crippen LogP contribution in [-0.2, 0) is 0 Å². The second-order valence-electron chi connectivity index (χ2n) is 3.22. The van der Waals surface area contributed by atoms with E-state index >= 15 is 0 Å². The van der Waals surface area contributed by atoms with Crippen molar-refractivity contribution in [2.45, 2.75) is 18.9 Å². The van der Waals surface area contributed by atoms with E-state index in [4.69, 9.17) is 10.5 Å². The summed E-state index contributed by atoms with van der Waals surface area (Å²) in [6.45, 7) is 2.75. The summed E-state index contributed by atoms with van der Waals surface area (Å²) in [5, 5.41) is 0. The summed E-state index contributed by atoms with van der Waals surface area (Å²) in [5.74, 6) is 1.44. The summed E-state index contributed by atoms with van der Waals surface area (Å²) in [7, 11) is 0. The quantitative estimate of drug-likeness (QED) is 0.681. The van der Waals surface area contributed by atoms with E-state index in [1.807, 2.05) is 18.2 Å². The lowest BCUT2D eigenvalue weighted by atomic mass is 9.98. The summed E-state index contributed by atoms with van der Waals surface area (Å²) in [6, 6.07) is 8.14. The highest BCUT2D eigenvalue weighted by molar-refractivity contribution is 5.40. The third-order valence-electron chi connectivity index (χ3n) is 2.48. The molecule has 0 amide bonds. The third-order valence-corrected chi connectivity index (χ3v) is 2.48. The molecule has 1 aliphatic rings. The molecule has 2 heteroatoms. The smallest absolute Gasteiger partial charge is 0.123 e. The highest BCUT2D eigenvalue weighted by Gasteiger charge is 2.28. The Kier molecular flexibility index (Phi) is 1.77. The first-order valence-corrected chi connectivity index (χ1v) is 4.28. The minimum absolute atomic E-state index is 0.169. The molecule has 0 saturated carbocycles. The van der Waals surface area contributed by atoms with Crippen LogP contribution in [0.25, 0.3) is 0 Å². The summed E-state index contributed by atoms with van der Waals surface area (Å²) >= 11 is 0. The van der Waals surface area contributed by atoms with Crippen molar-refractivity contribution in [3.05, 3.63) is 29.8 Å². The Balaban J connectivity index is 2.35. The highest BCUT2D eigenvalue weighted by Crippen LogP contribution is 2.36. The van der Waals surface area contributed by atoms with E-state index in [2.05, 4.69) is 13.0 Å². The van der Waals surface area contributed by atoms with Crippen LogP contribution in [0.1, 0.15) is 18.4 Å². The molecule has 0 radical (unpaired) electrons. The van der Waals surface area contributed by atoms with Crippen molar-refractivity contribution in [2.24, 2.45) is 5.73 Å². The van der Waals surface area contributed by atoms with E-state index in [-0.39, 0.29) is 6.10 Å². The lowest BCUT2D eigenvalue weighted by molar-refractivity contribution is 0.219. The zero-order chi connectivity index (χ0) is 8.55. The predicted molar refractivity (Wildman–Crippen MR) is 48.3 cm³/mol. The Hall–Kier alpha value is -1.02. The number of hydrogen-bond donors (Lipinski definition) is 1. The van der Waals surface area contributed by atoms with E-state index in [1.165, 1.54) is 5.56 Å². The van der Waals surface area contributed by atoms with Gasteiger partial charge in [-0.3, -0.25) is 0 Å². The van der Waals surface area contributed by atoms with E-state index in [0.29, 0.717) is 12.5 Å². The Bertz CT molecular complexity index is 285. The van der Waals surface area contributed by atoms with Crippen molar-refractivity contribution in [3.8, 4) is 5.75 Å². The molecule has 12 heavy (non-hydrogen) atoms. The topological polar surface area (TPSA) is 35.2 Å². The average Bonchev–Trinajstić information content (AvgIpc) is 2.44. The van der Waals surface area contributed by atoms with Gasteiger partial charge in [-0.15, -0.1) is 0 Å². The number of rotatable bonds is 1. The van der Waals surface area contributed by atoms with Gasteiger partial charge in [0.1, 0.15) is 11.9 Å². The Morgan fingerprint density at radius 3 is 2.83 bits per heavy atom. The molecule has 0 aromatic heterocycles. The predicted octanol–water partition coefficient (Wildman–Crippen LogP) is 1.51. The van der Waals surface area contributed by atoms with Crippen molar-refractivity contribution in [2.75, 3.05) is 6.54 Å². The van der Waals surface area contributed by atoms with Gasteiger partial charge in [0, 0.05) is 18.0 Å². The maximum absolute atomic E-state index is 5.64. The van der Waals surface area contributed by atoms with Crippen molar-refractivity contribution in [1.29, 1.82) is 0 Å². The molecule has 0 fully saturated rings. The Morgan fingerprint density at radius 2 is 2.17 bits per heavy atom.